The Morgan fingerprint density at radius 2 is 1.94 bits per heavy atom. The molecule has 0 bridgehead atoms. The molecule has 1 atom stereocenters. The first-order valence-corrected chi connectivity index (χ1v) is 4.99. The predicted octanol–water partition coefficient (Wildman–Crippen LogP) is 3.55. The molecule has 0 N–H and O–H groups in total. The molecule has 4 heteroatoms. The summed E-state index contributed by atoms with van der Waals surface area (Å²) in [6, 6.07) is 7.35. The zero-order chi connectivity index (χ0) is 11.8. The molecular formula is C12H11F3O. The second-order valence-electron chi connectivity index (χ2n) is 3.77. The third kappa shape index (κ3) is 2.27. The van der Waals surface area contributed by atoms with Gasteiger partial charge in [-0.25, -0.2) is 0 Å². The summed E-state index contributed by atoms with van der Waals surface area (Å²) in [6.45, 7) is 3.70. The summed E-state index contributed by atoms with van der Waals surface area (Å²) in [5.74, 6) is 0. The van der Waals surface area contributed by atoms with Crippen LogP contribution in [0.3, 0.4) is 0 Å². The summed E-state index contributed by atoms with van der Waals surface area (Å²) in [5.41, 5.74) is 2.23. The molecule has 0 aromatic heterocycles. The molecule has 16 heavy (non-hydrogen) atoms. The van der Waals surface area contributed by atoms with E-state index in [1.165, 1.54) is 0 Å². The number of aryl methyl sites for hydroxylation is 1. The van der Waals surface area contributed by atoms with E-state index in [1.54, 1.807) is 12.1 Å². The topological polar surface area (TPSA) is 9.23 Å². The third-order valence-electron chi connectivity index (χ3n) is 2.70. The molecule has 2 rings (SSSR count). The van der Waals surface area contributed by atoms with Crippen LogP contribution in [0, 0.1) is 0 Å². The second-order valence-corrected chi connectivity index (χ2v) is 3.77. The molecule has 0 radical (unpaired) electrons. The largest absolute Gasteiger partial charge is 0.523 e. The number of hydrogen-bond donors (Lipinski definition) is 0. The molecule has 1 aliphatic carbocycles. The summed E-state index contributed by atoms with van der Waals surface area (Å²) >= 11 is 0. The lowest BCUT2D eigenvalue weighted by atomic mass is 9.86. The van der Waals surface area contributed by atoms with Crippen molar-refractivity contribution in [3.05, 3.63) is 42.0 Å². The van der Waals surface area contributed by atoms with Gasteiger partial charge in [0.25, 0.3) is 0 Å². The van der Waals surface area contributed by atoms with Gasteiger partial charge in [-0.15, -0.1) is 13.2 Å². The Hall–Kier alpha value is -1.29. The maximum atomic E-state index is 12.1. The van der Waals surface area contributed by atoms with Crippen molar-refractivity contribution < 1.29 is 17.9 Å². The smallest absolute Gasteiger partial charge is 0.284 e. The third-order valence-corrected chi connectivity index (χ3v) is 2.70. The van der Waals surface area contributed by atoms with Crippen molar-refractivity contribution in [2.45, 2.75) is 25.3 Å². The van der Waals surface area contributed by atoms with E-state index in [-0.39, 0.29) is 0 Å². The Kier molecular flexibility index (Phi) is 2.76. The van der Waals surface area contributed by atoms with Crippen LogP contribution in [0.25, 0.3) is 5.57 Å². The zero-order valence-corrected chi connectivity index (χ0v) is 8.55. The molecule has 1 unspecified atom stereocenters. The summed E-state index contributed by atoms with van der Waals surface area (Å²) in [5, 5.41) is 0. The molecule has 1 nitrogen and oxygen atoms in total. The molecule has 0 spiro atoms. The second kappa shape index (κ2) is 3.94. The quantitative estimate of drug-likeness (QED) is 0.714. The first kappa shape index (κ1) is 11.2. The van der Waals surface area contributed by atoms with Crippen LogP contribution in [-0.4, -0.2) is 12.5 Å². The van der Waals surface area contributed by atoms with Crippen LogP contribution >= 0.6 is 0 Å². The van der Waals surface area contributed by atoms with Gasteiger partial charge >= 0.3 is 6.36 Å². The maximum Gasteiger partial charge on any atom is 0.523 e. The van der Waals surface area contributed by atoms with Gasteiger partial charge < -0.3 is 0 Å². The highest BCUT2D eigenvalue weighted by molar-refractivity contribution is 5.71. The van der Waals surface area contributed by atoms with Crippen molar-refractivity contribution in [2.75, 3.05) is 0 Å². The first-order valence-electron chi connectivity index (χ1n) is 4.99. The van der Waals surface area contributed by atoms with Crippen molar-refractivity contribution in [2.24, 2.45) is 0 Å². The van der Waals surface area contributed by atoms with Crippen molar-refractivity contribution in [1.29, 1.82) is 0 Å². The van der Waals surface area contributed by atoms with Crippen LogP contribution in [0.2, 0.25) is 0 Å². The molecule has 0 saturated carbocycles. The molecule has 0 amide bonds. The van der Waals surface area contributed by atoms with Crippen LogP contribution in [0.1, 0.15) is 17.5 Å². The Bertz CT molecular complexity index is 409. The van der Waals surface area contributed by atoms with E-state index in [2.05, 4.69) is 11.3 Å². The minimum atomic E-state index is -4.60. The number of alkyl halides is 3. The fourth-order valence-electron chi connectivity index (χ4n) is 1.98. The monoisotopic (exact) mass is 228 g/mol. The highest BCUT2D eigenvalue weighted by Gasteiger charge is 2.36. The fourth-order valence-corrected chi connectivity index (χ4v) is 1.98. The van der Waals surface area contributed by atoms with Crippen LogP contribution in [0.15, 0.2) is 30.8 Å². The lowest BCUT2D eigenvalue weighted by Gasteiger charge is -2.27. The van der Waals surface area contributed by atoms with Gasteiger partial charge in [0, 0.05) is 0 Å². The summed E-state index contributed by atoms with van der Waals surface area (Å²) in [7, 11) is 0. The van der Waals surface area contributed by atoms with E-state index in [0.29, 0.717) is 18.4 Å². The highest BCUT2D eigenvalue weighted by Crippen LogP contribution is 2.34. The minimum Gasteiger partial charge on any atom is -0.284 e. The average molecular weight is 228 g/mol. The lowest BCUT2D eigenvalue weighted by Crippen LogP contribution is -2.28. The molecule has 1 aliphatic rings. The first-order chi connectivity index (χ1) is 7.47. The number of fused-ring (bicyclic) bond motifs is 1. The Labute approximate surface area is 91.5 Å². The molecule has 0 aliphatic heterocycles. The Morgan fingerprint density at radius 3 is 2.62 bits per heavy atom. The molecule has 1 aromatic rings. The molecule has 0 fully saturated rings. The summed E-state index contributed by atoms with van der Waals surface area (Å²) in [6.07, 6.45) is -4.62. The number of halogens is 3. The molecular weight excluding hydrogens is 217 g/mol. The lowest BCUT2D eigenvalue weighted by molar-refractivity contribution is -0.335. The number of ether oxygens (including phenoxy) is 1. The van der Waals surface area contributed by atoms with Gasteiger partial charge in [0.2, 0.25) is 0 Å². The highest BCUT2D eigenvalue weighted by atomic mass is 19.4. The summed E-state index contributed by atoms with van der Waals surface area (Å²) in [4.78, 5) is 0. The Balaban J connectivity index is 2.22. The van der Waals surface area contributed by atoms with Gasteiger partial charge in [0.15, 0.2) is 0 Å². The molecule has 86 valence electrons. The van der Waals surface area contributed by atoms with Gasteiger partial charge in [0.1, 0.15) is 0 Å². The van der Waals surface area contributed by atoms with E-state index >= 15 is 0 Å². The van der Waals surface area contributed by atoms with E-state index in [9.17, 15) is 13.2 Å². The number of hydrogen-bond acceptors (Lipinski definition) is 1. The predicted molar refractivity (Wildman–Crippen MR) is 54.7 cm³/mol. The van der Waals surface area contributed by atoms with Gasteiger partial charge in [-0.2, -0.15) is 0 Å². The van der Waals surface area contributed by atoms with E-state index in [0.717, 1.165) is 11.1 Å². The van der Waals surface area contributed by atoms with Crippen LogP contribution < -0.4 is 0 Å². The van der Waals surface area contributed by atoms with Crippen molar-refractivity contribution in [3.8, 4) is 0 Å². The van der Waals surface area contributed by atoms with Crippen molar-refractivity contribution >= 4 is 5.57 Å². The molecule has 0 heterocycles. The van der Waals surface area contributed by atoms with Gasteiger partial charge in [-0.3, -0.25) is 4.74 Å². The minimum absolute atomic E-state index is 0.329. The van der Waals surface area contributed by atoms with Gasteiger partial charge in [-0.1, -0.05) is 30.8 Å². The van der Waals surface area contributed by atoms with Crippen LogP contribution in [0.5, 0.6) is 0 Å². The van der Waals surface area contributed by atoms with E-state index in [4.69, 9.17) is 0 Å². The van der Waals surface area contributed by atoms with Gasteiger partial charge in [0.05, 0.1) is 6.10 Å². The van der Waals surface area contributed by atoms with Crippen molar-refractivity contribution in [1.82, 2.24) is 0 Å². The number of rotatable bonds is 1. The Morgan fingerprint density at radius 1 is 1.25 bits per heavy atom. The van der Waals surface area contributed by atoms with E-state index < -0.39 is 12.5 Å². The van der Waals surface area contributed by atoms with Gasteiger partial charge in [-0.05, 0) is 29.5 Å². The van der Waals surface area contributed by atoms with E-state index in [1.807, 2.05) is 12.1 Å². The standard InChI is InChI=1S/C12H11F3O/c1-8-10-5-3-2-4-9(10)6-7-11(8)16-12(13,14)15/h2-5,11H,1,6-7H2. The van der Waals surface area contributed by atoms with Crippen LogP contribution in [0.4, 0.5) is 13.2 Å². The molecule has 1 aromatic carbocycles. The van der Waals surface area contributed by atoms with Crippen molar-refractivity contribution in [3.63, 3.8) is 0 Å². The average Bonchev–Trinajstić information content (AvgIpc) is 2.21. The zero-order valence-electron chi connectivity index (χ0n) is 8.55. The molecule has 0 saturated heterocycles. The van der Waals surface area contributed by atoms with Crippen LogP contribution in [-0.2, 0) is 11.2 Å². The SMILES string of the molecule is C=C1c2ccccc2CCC1OC(F)(F)F. The fraction of sp³-hybridized carbons (Fsp3) is 0.333. The maximum absolute atomic E-state index is 12.1. The summed E-state index contributed by atoms with van der Waals surface area (Å²) < 4.78 is 40.4. The number of benzene rings is 1. The normalized spacial score (nSPS) is 20.7.